The quantitative estimate of drug-likeness (QED) is 0.463. The molecule has 0 radical (unpaired) electrons. The van der Waals surface area contributed by atoms with Gasteiger partial charge >= 0.3 is 0 Å². The molecule has 0 aromatic heterocycles. The normalized spacial score (nSPS) is 20.8. The van der Waals surface area contributed by atoms with Crippen molar-refractivity contribution in [3.05, 3.63) is 17.8 Å². The largest absolute Gasteiger partial charge is 0.241 e. The predicted octanol–water partition coefficient (Wildman–Crippen LogP) is 1.55. The van der Waals surface area contributed by atoms with E-state index in [9.17, 15) is 0 Å². The molecule has 0 saturated heterocycles. The number of rotatable bonds is 0. The van der Waals surface area contributed by atoms with Crippen molar-refractivity contribution in [3.63, 3.8) is 0 Å². The molecule has 1 rings (SSSR count). The van der Waals surface area contributed by atoms with Crippen LogP contribution in [0.4, 0.5) is 0 Å². The van der Waals surface area contributed by atoms with Crippen molar-refractivity contribution in [1.29, 1.82) is 0 Å². The maximum Gasteiger partial charge on any atom is 0.125 e. The second-order valence-corrected chi connectivity index (χ2v) is 1.69. The minimum absolute atomic E-state index is 0.844. The van der Waals surface area contributed by atoms with E-state index in [1.165, 1.54) is 6.34 Å². The summed E-state index contributed by atoms with van der Waals surface area (Å²) < 4.78 is 0. The minimum Gasteiger partial charge on any atom is -0.241 e. The Morgan fingerprint density at radius 3 is 3.44 bits per heavy atom. The first-order valence-corrected chi connectivity index (χ1v) is 2.88. The molecule has 1 aliphatic heterocycles. The Labute approximate surface area is 54.3 Å². The van der Waals surface area contributed by atoms with E-state index in [1.54, 1.807) is 0 Å². The van der Waals surface area contributed by atoms with Crippen molar-refractivity contribution in [2.75, 3.05) is 0 Å². The predicted molar refractivity (Wildman–Crippen MR) is 38.9 cm³/mol. The third-order valence-electron chi connectivity index (χ3n) is 1.09. The van der Waals surface area contributed by atoms with E-state index < -0.39 is 0 Å². The van der Waals surface area contributed by atoms with Crippen LogP contribution >= 0.6 is 0 Å². The van der Waals surface area contributed by atoms with Crippen molar-refractivity contribution in [3.8, 4) is 0 Å². The lowest BCUT2D eigenvalue weighted by atomic mass is 10.3. The molecule has 0 atom stereocenters. The second kappa shape index (κ2) is 3.00. The lowest BCUT2D eigenvalue weighted by Crippen LogP contribution is -1.72. The molecule has 46 valence electrons. The van der Waals surface area contributed by atoms with Gasteiger partial charge in [-0.05, 0) is 18.9 Å². The minimum atomic E-state index is 0.844. The molecule has 0 spiro atoms. The molecule has 2 heteroatoms. The summed E-state index contributed by atoms with van der Waals surface area (Å²) in [6, 6.07) is 0. The van der Waals surface area contributed by atoms with E-state index in [-0.39, 0.29) is 0 Å². The van der Waals surface area contributed by atoms with E-state index in [0.717, 1.165) is 12.1 Å². The molecule has 9 heavy (non-hydrogen) atoms. The lowest BCUT2D eigenvalue weighted by molar-refractivity contribution is 1.17. The number of aliphatic imine (C=N–C) groups is 2. The van der Waals surface area contributed by atoms with Gasteiger partial charge in [0.15, 0.2) is 0 Å². The summed E-state index contributed by atoms with van der Waals surface area (Å²) in [7, 11) is 0. The third kappa shape index (κ3) is 1.67. The molecule has 0 N–H and O–H groups in total. The van der Waals surface area contributed by atoms with E-state index >= 15 is 0 Å². The highest BCUT2D eigenvalue weighted by Crippen LogP contribution is 2.02. The molecule has 1 heterocycles. The highest BCUT2D eigenvalue weighted by atomic mass is 14.9. The summed E-state index contributed by atoms with van der Waals surface area (Å²) in [6.07, 6.45) is 6.19. The maximum atomic E-state index is 4.02. The number of nitrogens with zero attached hydrogens (tertiary/aromatic N) is 2. The van der Waals surface area contributed by atoms with Crippen molar-refractivity contribution < 1.29 is 0 Å². The van der Waals surface area contributed by atoms with Crippen LogP contribution in [0.3, 0.4) is 0 Å². The molecule has 2 nitrogen and oxygen atoms in total. The fourth-order valence-corrected chi connectivity index (χ4v) is 0.584. The zero-order valence-corrected chi connectivity index (χ0v) is 5.33. The molecule has 0 aromatic carbocycles. The van der Waals surface area contributed by atoms with Gasteiger partial charge in [0.05, 0.1) is 0 Å². The second-order valence-electron chi connectivity index (χ2n) is 1.69. The fraction of sp³-hybridized carbons (Fsp3) is 0.286. The van der Waals surface area contributed by atoms with Crippen LogP contribution in [0.2, 0.25) is 0 Å². The first-order chi connectivity index (χ1) is 4.43. The Kier molecular flexibility index (Phi) is 2.00. The van der Waals surface area contributed by atoms with E-state index in [2.05, 4.69) is 15.9 Å². The van der Waals surface area contributed by atoms with E-state index in [4.69, 9.17) is 0 Å². The van der Waals surface area contributed by atoms with Crippen LogP contribution in [0.5, 0.6) is 0 Å². The summed E-state index contributed by atoms with van der Waals surface area (Å²) in [5.41, 5.74) is 1.05. The molecular weight excluding hydrogens is 112 g/mol. The topological polar surface area (TPSA) is 24.7 Å². The molecule has 0 saturated carbocycles. The van der Waals surface area contributed by atoms with Gasteiger partial charge in [0, 0.05) is 12.1 Å². The van der Waals surface area contributed by atoms with Gasteiger partial charge in [-0.1, -0.05) is 6.08 Å². The van der Waals surface area contributed by atoms with Crippen molar-refractivity contribution in [2.45, 2.75) is 13.3 Å². The Hall–Kier alpha value is -1.14. The van der Waals surface area contributed by atoms with Gasteiger partial charge in [-0.15, -0.1) is 0 Å². The maximum absolute atomic E-state index is 4.02. The average molecular weight is 120 g/mol. The number of hydrogen-bond donors (Lipinski definition) is 0. The van der Waals surface area contributed by atoms with Crippen molar-refractivity contribution >= 4 is 12.2 Å². The molecule has 0 bridgehead atoms. The Morgan fingerprint density at radius 2 is 2.67 bits per heavy atom. The molecule has 0 unspecified atom stereocenters. The van der Waals surface area contributed by atoms with Crippen molar-refractivity contribution in [2.24, 2.45) is 9.98 Å². The van der Waals surface area contributed by atoms with Gasteiger partial charge in [0.2, 0.25) is 0 Å². The van der Waals surface area contributed by atoms with E-state index in [0.29, 0.717) is 0 Å². The Bertz CT molecular complexity index is 205. The van der Waals surface area contributed by atoms with Crippen LogP contribution in [0, 0.1) is 0 Å². The highest BCUT2D eigenvalue weighted by molar-refractivity contribution is 5.71. The van der Waals surface area contributed by atoms with Crippen LogP contribution in [0.25, 0.3) is 0 Å². The van der Waals surface area contributed by atoms with Crippen molar-refractivity contribution in [1.82, 2.24) is 0 Å². The summed E-state index contributed by atoms with van der Waals surface area (Å²) in [5, 5.41) is 0. The molecule has 0 aromatic rings. The zero-order chi connectivity index (χ0) is 6.53. The summed E-state index contributed by atoms with van der Waals surface area (Å²) >= 11 is 0. The molecule has 0 amide bonds. The Balaban J connectivity index is 2.79. The van der Waals surface area contributed by atoms with Gasteiger partial charge in [-0.25, -0.2) is 4.99 Å². The van der Waals surface area contributed by atoms with Gasteiger partial charge in [0.1, 0.15) is 6.34 Å². The summed E-state index contributed by atoms with van der Waals surface area (Å²) in [4.78, 5) is 7.75. The van der Waals surface area contributed by atoms with Gasteiger partial charge in [0.25, 0.3) is 0 Å². The van der Waals surface area contributed by atoms with Crippen LogP contribution in [0.1, 0.15) is 13.3 Å². The van der Waals surface area contributed by atoms with Crippen LogP contribution in [0.15, 0.2) is 27.8 Å². The zero-order valence-electron chi connectivity index (χ0n) is 5.33. The fourth-order valence-electron chi connectivity index (χ4n) is 0.584. The van der Waals surface area contributed by atoms with Gasteiger partial charge < -0.3 is 0 Å². The monoisotopic (exact) mass is 120 g/mol. The standard InChI is InChI=1S/C7H8N2/c1-2-7-4-3-5-8-6-9-7/h2-3,6H,4H2,1H3. The SMILES string of the molecule is CC=C1CC=C=NC=N1. The molecule has 1 aliphatic rings. The summed E-state index contributed by atoms with van der Waals surface area (Å²) in [5.74, 6) is 2.72. The smallest absolute Gasteiger partial charge is 0.125 e. The van der Waals surface area contributed by atoms with Crippen LogP contribution < -0.4 is 0 Å². The van der Waals surface area contributed by atoms with Crippen LogP contribution in [-0.2, 0) is 0 Å². The van der Waals surface area contributed by atoms with E-state index in [1.807, 2.05) is 19.1 Å². The first kappa shape index (κ1) is 5.99. The highest BCUT2D eigenvalue weighted by Gasteiger charge is 1.87. The molecule has 0 fully saturated rings. The molecular formula is C7H8N2. The number of hydrogen-bond acceptors (Lipinski definition) is 2. The summed E-state index contributed by atoms with van der Waals surface area (Å²) in [6.45, 7) is 1.96. The van der Waals surface area contributed by atoms with Gasteiger partial charge in [-0.2, -0.15) is 4.99 Å². The first-order valence-electron chi connectivity index (χ1n) is 2.88. The lowest BCUT2D eigenvalue weighted by Gasteiger charge is -1.88. The average Bonchev–Trinajstić information content (AvgIpc) is 2.13. The van der Waals surface area contributed by atoms with Gasteiger partial charge in [-0.3, -0.25) is 0 Å². The number of allylic oxidation sites excluding steroid dienone is 2. The Morgan fingerprint density at radius 1 is 1.78 bits per heavy atom. The third-order valence-corrected chi connectivity index (χ3v) is 1.09. The molecule has 0 aliphatic carbocycles. The van der Waals surface area contributed by atoms with Crippen LogP contribution in [-0.4, -0.2) is 12.2 Å².